The Balaban J connectivity index is 1.58. The minimum absolute atomic E-state index is 0.0777. The lowest BCUT2D eigenvalue weighted by Gasteiger charge is -2.34. The summed E-state index contributed by atoms with van der Waals surface area (Å²) in [6, 6.07) is 10.5. The highest BCUT2D eigenvalue weighted by molar-refractivity contribution is 5.98. The van der Waals surface area contributed by atoms with E-state index >= 15 is 0 Å². The molecule has 1 fully saturated rings. The van der Waals surface area contributed by atoms with Gasteiger partial charge in [0.2, 0.25) is 11.8 Å². The smallest absolute Gasteiger partial charge is 0.374 e. The largest absolute Gasteiger partial charge is 0.416 e. The Bertz CT molecular complexity index is 1510. The molecule has 2 unspecified atom stereocenters. The maximum Gasteiger partial charge on any atom is 0.416 e. The van der Waals surface area contributed by atoms with Crippen molar-refractivity contribution in [2.75, 3.05) is 25.0 Å². The molecule has 1 aromatic heterocycles. The Hall–Kier alpha value is -4.23. The van der Waals surface area contributed by atoms with Crippen molar-refractivity contribution in [1.29, 1.82) is 0 Å². The first-order valence-corrected chi connectivity index (χ1v) is 15.2. The summed E-state index contributed by atoms with van der Waals surface area (Å²) in [7, 11) is 0. The lowest BCUT2D eigenvalue weighted by Crippen LogP contribution is -2.56. The Kier molecular flexibility index (Phi) is 10.9. The fourth-order valence-corrected chi connectivity index (χ4v) is 5.13. The average molecular weight is 643 g/mol. The maximum absolute atomic E-state index is 13.9. The summed E-state index contributed by atoms with van der Waals surface area (Å²) in [6.07, 6.45) is -0.108. The highest BCUT2D eigenvalue weighted by atomic mass is 19.4. The van der Waals surface area contributed by atoms with Crippen LogP contribution in [0.2, 0.25) is 0 Å². The van der Waals surface area contributed by atoms with Gasteiger partial charge in [0.1, 0.15) is 12.1 Å². The monoisotopic (exact) mass is 642 g/mol. The molecule has 248 valence electrons. The number of benzene rings is 2. The molecule has 10 nitrogen and oxygen atoms in total. The van der Waals surface area contributed by atoms with E-state index in [0.29, 0.717) is 30.1 Å². The van der Waals surface area contributed by atoms with Crippen LogP contribution in [0.15, 0.2) is 61.1 Å². The summed E-state index contributed by atoms with van der Waals surface area (Å²) in [5, 5.41) is 5.28. The van der Waals surface area contributed by atoms with E-state index in [0.717, 1.165) is 30.5 Å². The zero-order valence-electron chi connectivity index (χ0n) is 26.4. The molecule has 3 amide bonds. The summed E-state index contributed by atoms with van der Waals surface area (Å²) in [4.78, 5) is 46.0. The van der Waals surface area contributed by atoms with Crippen LogP contribution < -0.4 is 16.4 Å². The van der Waals surface area contributed by atoms with Crippen molar-refractivity contribution >= 4 is 23.5 Å². The van der Waals surface area contributed by atoms with Crippen LogP contribution in [0.3, 0.4) is 0 Å². The van der Waals surface area contributed by atoms with Gasteiger partial charge in [0.25, 0.3) is 5.91 Å². The van der Waals surface area contributed by atoms with Gasteiger partial charge in [-0.25, -0.2) is 4.98 Å². The van der Waals surface area contributed by atoms with Gasteiger partial charge < -0.3 is 30.6 Å². The number of rotatable bonds is 11. The van der Waals surface area contributed by atoms with Crippen LogP contribution in [0, 0.1) is 12.8 Å². The van der Waals surface area contributed by atoms with Crippen LogP contribution in [0.4, 0.5) is 19.0 Å². The normalized spacial score (nSPS) is 15.7. The van der Waals surface area contributed by atoms with Gasteiger partial charge in [0, 0.05) is 19.3 Å². The van der Waals surface area contributed by atoms with Gasteiger partial charge >= 0.3 is 6.18 Å². The number of hydrogen-bond acceptors (Lipinski definition) is 6. The number of aromatic nitrogens is 2. The fraction of sp³-hybridized carbons (Fsp3) is 0.455. The van der Waals surface area contributed by atoms with E-state index in [1.54, 1.807) is 4.90 Å². The van der Waals surface area contributed by atoms with Crippen molar-refractivity contribution in [3.63, 3.8) is 0 Å². The summed E-state index contributed by atoms with van der Waals surface area (Å²) < 4.78 is 47.5. The van der Waals surface area contributed by atoms with Crippen molar-refractivity contribution in [1.82, 2.24) is 19.8 Å². The summed E-state index contributed by atoms with van der Waals surface area (Å²) in [6.45, 7) is 7.74. The third-order valence-corrected chi connectivity index (χ3v) is 7.97. The molecule has 46 heavy (non-hydrogen) atoms. The van der Waals surface area contributed by atoms with Gasteiger partial charge in [-0.15, -0.1) is 0 Å². The van der Waals surface area contributed by atoms with E-state index in [1.165, 1.54) is 43.9 Å². The van der Waals surface area contributed by atoms with E-state index in [-0.39, 0.29) is 24.9 Å². The first kappa shape index (κ1) is 34.6. The van der Waals surface area contributed by atoms with E-state index in [4.69, 9.17) is 10.5 Å². The summed E-state index contributed by atoms with van der Waals surface area (Å²) >= 11 is 0. The van der Waals surface area contributed by atoms with Crippen LogP contribution in [-0.4, -0.2) is 63.4 Å². The number of imidazole rings is 1. The molecule has 2 heterocycles. The molecule has 2 aromatic carbocycles. The highest BCUT2D eigenvalue weighted by Crippen LogP contribution is 2.34. The number of likely N-dealkylation sites (tertiary alicyclic amines) is 1. The first-order chi connectivity index (χ1) is 21.6. The number of carbonyl (C=O) groups excluding carboxylic acids is 3. The summed E-state index contributed by atoms with van der Waals surface area (Å²) in [5.74, 6) is -0.945. The molecule has 0 saturated carbocycles. The quantitative estimate of drug-likeness (QED) is 0.284. The zero-order valence-corrected chi connectivity index (χ0v) is 26.4. The number of nitrogens with zero attached hydrogens (tertiary/aromatic N) is 3. The molecular formula is C33H41F3N6O4. The lowest BCUT2D eigenvalue weighted by atomic mass is 9.95. The predicted octanol–water partition coefficient (Wildman–Crippen LogP) is 4.44. The van der Waals surface area contributed by atoms with Crippen molar-refractivity contribution in [3.8, 4) is 0 Å². The Morgan fingerprint density at radius 1 is 1.09 bits per heavy atom. The van der Waals surface area contributed by atoms with Gasteiger partial charge in [0.15, 0.2) is 5.82 Å². The molecule has 1 aliphatic heterocycles. The van der Waals surface area contributed by atoms with Gasteiger partial charge in [-0.2, -0.15) is 13.2 Å². The molecule has 0 aliphatic carbocycles. The van der Waals surface area contributed by atoms with E-state index in [1.807, 2.05) is 30.3 Å². The van der Waals surface area contributed by atoms with Gasteiger partial charge in [-0.1, -0.05) is 43.3 Å². The number of nitrogens with one attached hydrogen (secondary N) is 2. The van der Waals surface area contributed by atoms with E-state index in [9.17, 15) is 27.6 Å². The number of nitrogens with two attached hydrogens (primary N) is 1. The van der Waals surface area contributed by atoms with Crippen LogP contribution >= 0.6 is 0 Å². The van der Waals surface area contributed by atoms with E-state index in [2.05, 4.69) is 22.5 Å². The second kappa shape index (κ2) is 14.5. The lowest BCUT2D eigenvalue weighted by molar-refractivity contribution is -0.137. The van der Waals surface area contributed by atoms with Crippen LogP contribution in [0.5, 0.6) is 0 Å². The SMILES string of the molecule is Cc1cc(C(F)(F)F)ccc1C(C(=O)N1CCC(C)CC1)n1cnc(NC(=O)C(COCc2ccccc2)NC(=O)C(C)(C)N)c1. The van der Waals surface area contributed by atoms with Crippen molar-refractivity contribution in [3.05, 3.63) is 83.3 Å². The number of ether oxygens (including phenoxy) is 1. The number of piperidine rings is 1. The highest BCUT2D eigenvalue weighted by Gasteiger charge is 2.35. The molecule has 4 N–H and O–H groups in total. The Morgan fingerprint density at radius 3 is 2.37 bits per heavy atom. The van der Waals surface area contributed by atoms with Gasteiger partial charge in [-0.3, -0.25) is 14.4 Å². The van der Waals surface area contributed by atoms with Crippen molar-refractivity contribution in [2.24, 2.45) is 11.7 Å². The number of anilines is 1. The fourth-order valence-electron chi connectivity index (χ4n) is 5.13. The number of amides is 3. The molecule has 1 aliphatic rings. The van der Waals surface area contributed by atoms with E-state index < -0.39 is 41.2 Å². The Labute approximate surface area is 266 Å². The van der Waals surface area contributed by atoms with Crippen molar-refractivity contribution in [2.45, 2.75) is 70.9 Å². The van der Waals surface area contributed by atoms with Gasteiger partial charge in [0.05, 0.1) is 30.6 Å². The molecule has 13 heteroatoms. The van der Waals surface area contributed by atoms with Gasteiger partial charge in [-0.05, 0) is 68.4 Å². The minimum Gasteiger partial charge on any atom is -0.374 e. The standard InChI is InChI=1S/C33H41F3N6O4/c1-21-12-14-41(15-13-21)30(44)28(25-11-10-24(16-22(25)2)33(34,35)36)42-17-27(38-20-42)40-29(43)26(39-31(45)32(3,4)37)19-46-18-23-8-6-5-7-9-23/h5-11,16-17,20-21,26,28H,12-15,18-19,37H2,1-4H3,(H,39,45)(H,40,43). The molecular weight excluding hydrogens is 601 g/mol. The topological polar surface area (TPSA) is 132 Å². The van der Waals surface area contributed by atoms with Crippen LogP contribution in [-0.2, 0) is 31.9 Å². The molecule has 4 rings (SSSR count). The third-order valence-electron chi connectivity index (χ3n) is 7.97. The summed E-state index contributed by atoms with van der Waals surface area (Å²) in [5.41, 5.74) is 5.42. The van der Waals surface area contributed by atoms with Crippen molar-refractivity contribution < 1.29 is 32.3 Å². The Morgan fingerprint density at radius 2 is 1.76 bits per heavy atom. The minimum atomic E-state index is -4.53. The molecule has 0 radical (unpaired) electrons. The first-order valence-electron chi connectivity index (χ1n) is 15.2. The molecule has 3 aromatic rings. The third kappa shape index (κ3) is 8.94. The second-order valence-electron chi connectivity index (χ2n) is 12.4. The predicted molar refractivity (Wildman–Crippen MR) is 166 cm³/mol. The van der Waals surface area contributed by atoms with Crippen LogP contribution in [0.25, 0.3) is 0 Å². The number of alkyl halides is 3. The average Bonchev–Trinajstić information content (AvgIpc) is 3.45. The number of carbonyl (C=O) groups is 3. The molecule has 2 atom stereocenters. The number of hydrogen-bond donors (Lipinski definition) is 3. The second-order valence-corrected chi connectivity index (χ2v) is 12.4. The number of aryl methyl sites for hydroxylation is 1. The zero-order chi connectivity index (χ0) is 33.6. The molecule has 0 spiro atoms. The molecule has 1 saturated heterocycles. The molecule has 0 bridgehead atoms. The number of halogens is 3. The maximum atomic E-state index is 13.9. The van der Waals surface area contributed by atoms with Crippen LogP contribution in [0.1, 0.15) is 61.9 Å².